The summed E-state index contributed by atoms with van der Waals surface area (Å²) in [4.78, 5) is 12.2. The summed E-state index contributed by atoms with van der Waals surface area (Å²) >= 11 is 5.95. The van der Waals surface area contributed by atoms with Crippen molar-refractivity contribution in [3.8, 4) is 16.9 Å². The van der Waals surface area contributed by atoms with Crippen LogP contribution in [0.4, 0.5) is 0 Å². The number of aromatic nitrogens is 2. The van der Waals surface area contributed by atoms with Crippen LogP contribution in [0.2, 0.25) is 5.02 Å². The molecule has 0 aliphatic carbocycles. The molecule has 0 aliphatic heterocycles. The van der Waals surface area contributed by atoms with Crippen LogP contribution in [0.5, 0.6) is 0 Å². The monoisotopic (exact) mass is 326 g/mol. The number of esters is 1. The number of carbonyl (C=O) groups excluding carboxylic acids is 1. The quantitative estimate of drug-likeness (QED) is 0.669. The summed E-state index contributed by atoms with van der Waals surface area (Å²) in [6.07, 6.45) is 1.54. The van der Waals surface area contributed by atoms with Crippen LogP contribution in [0.3, 0.4) is 0 Å². The minimum absolute atomic E-state index is 0.319. The Bertz CT molecular complexity index is 811. The van der Waals surface area contributed by atoms with Crippen molar-refractivity contribution in [3.05, 3.63) is 71.4 Å². The first-order valence-electron chi connectivity index (χ1n) is 7.27. The van der Waals surface area contributed by atoms with Crippen LogP contribution in [0.1, 0.15) is 17.3 Å². The summed E-state index contributed by atoms with van der Waals surface area (Å²) < 4.78 is 6.87. The average Bonchev–Trinajstić information content (AvgIpc) is 3.01. The Balaban J connectivity index is 2.17. The second-order valence-corrected chi connectivity index (χ2v) is 5.32. The van der Waals surface area contributed by atoms with E-state index < -0.39 is 0 Å². The van der Waals surface area contributed by atoms with E-state index in [1.165, 1.54) is 6.20 Å². The van der Waals surface area contributed by atoms with Gasteiger partial charge in [0.05, 0.1) is 24.2 Å². The van der Waals surface area contributed by atoms with Gasteiger partial charge in [-0.25, -0.2) is 9.48 Å². The Kier molecular flexibility index (Phi) is 4.44. The van der Waals surface area contributed by atoms with Crippen LogP contribution in [0.15, 0.2) is 60.8 Å². The molecule has 1 heterocycles. The first-order valence-corrected chi connectivity index (χ1v) is 7.65. The normalized spacial score (nSPS) is 10.5. The summed E-state index contributed by atoms with van der Waals surface area (Å²) in [5.74, 6) is -0.383. The highest BCUT2D eigenvalue weighted by Crippen LogP contribution is 2.27. The van der Waals surface area contributed by atoms with E-state index in [4.69, 9.17) is 16.3 Å². The fourth-order valence-electron chi connectivity index (χ4n) is 2.36. The van der Waals surface area contributed by atoms with Crippen LogP contribution in [-0.4, -0.2) is 22.4 Å². The molecule has 0 aliphatic rings. The van der Waals surface area contributed by atoms with Gasteiger partial charge < -0.3 is 4.74 Å². The number of carbonyl (C=O) groups is 1. The Hall–Kier alpha value is -2.59. The van der Waals surface area contributed by atoms with Crippen LogP contribution < -0.4 is 0 Å². The lowest BCUT2D eigenvalue weighted by molar-refractivity contribution is 0.0527. The Morgan fingerprint density at radius 3 is 2.48 bits per heavy atom. The molecular weight excluding hydrogens is 312 g/mol. The Morgan fingerprint density at radius 2 is 1.83 bits per heavy atom. The van der Waals surface area contributed by atoms with Crippen molar-refractivity contribution in [1.29, 1.82) is 0 Å². The first-order chi connectivity index (χ1) is 11.2. The van der Waals surface area contributed by atoms with E-state index in [9.17, 15) is 4.79 Å². The van der Waals surface area contributed by atoms with Gasteiger partial charge in [-0.15, -0.1) is 0 Å². The highest BCUT2D eigenvalue weighted by Gasteiger charge is 2.20. The molecule has 5 heteroatoms. The number of hydrogen-bond donors (Lipinski definition) is 0. The van der Waals surface area contributed by atoms with Crippen molar-refractivity contribution < 1.29 is 9.53 Å². The molecule has 0 N–H and O–H groups in total. The molecule has 3 rings (SSSR count). The molecule has 0 atom stereocenters. The van der Waals surface area contributed by atoms with E-state index in [2.05, 4.69) is 5.10 Å². The summed E-state index contributed by atoms with van der Waals surface area (Å²) in [6.45, 7) is 2.10. The van der Waals surface area contributed by atoms with Gasteiger partial charge in [0.15, 0.2) is 0 Å². The molecule has 0 spiro atoms. The van der Waals surface area contributed by atoms with Gasteiger partial charge >= 0.3 is 5.97 Å². The average molecular weight is 327 g/mol. The SMILES string of the molecule is CCOC(=O)c1cnn(-c2ccc(Cl)cc2)c1-c1ccccc1. The van der Waals surface area contributed by atoms with Gasteiger partial charge in [-0.3, -0.25) is 0 Å². The zero-order valence-corrected chi connectivity index (χ0v) is 13.3. The van der Waals surface area contributed by atoms with Gasteiger partial charge in [0.25, 0.3) is 0 Å². The third-order valence-electron chi connectivity index (χ3n) is 3.38. The summed E-state index contributed by atoms with van der Waals surface area (Å²) in [5.41, 5.74) is 2.85. The fourth-order valence-corrected chi connectivity index (χ4v) is 2.48. The maximum absolute atomic E-state index is 12.2. The highest BCUT2D eigenvalue weighted by molar-refractivity contribution is 6.30. The summed E-state index contributed by atoms with van der Waals surface area (Å²) in [6, 6.07) is 16.9. The number of nitrogens with zero attached hydrogens (tertiary/aromatic N) is 2. The molecule has 0 radical (unpaired) electrons. The van der Waals surface area contributed by atoms with Gasteiger partial charge in [0, 0.05) is 10.6 Å². The van der Waals surface area contributed by atoms with Crippen LogP contribution >= 0.6 is 11.6 Å². The van der Waals surface area contributed by atoms with E-state index in [-0.39, 0.29) is 5.97 Å². The van der Waals surface area contributed by atoms with E-state index >= 15 is 0 Å². The largest absolute Gasteiger partial charge is 0.462 e. The zero-order valence-electron chi connectivity index (χ0n) is 12.6. The lowest BCUT2D eigenvalue weighted by Gasteiger charge is -2.10. The summed E-state index contributed by atoms with van der Waals surface area (Å²) in [5, 5.41) is 5.01. The molecular formula is C18H15ClN2O2. The van der Waals surface area contributed by atoms with Gasteiger partial charge in [-0.1, -0.05) is 41.9 Å². The van der Waals surface area contributed by atoms with Gasteiger partial charge in [-0.2, -0.15) is 5.10 Å². The lowest BCUT2D eigenvalue weighted by Crippen LogP contribution is -2.07. The topological polar surface area (TPSA) is 44.1 Å². The van der Waals surface area contributed by atoms with Crippen LogP contribution in [0, 0.1) is 0 Å². The van der Waals surface area contributed by atoms with E-state index in [1.807, 2.05) is 42.5 Å². The third kappa shape index (κ3) is 3.12. The molecule has 0 saturated carbocycles. The molecule has 0 fully saturated rings. The standard InChI is InChI=1S/C18H15ClN2O2/c1-2-23-18(22)16-12-20-21(15-10-8-14(19)9-11-15)17(16)13-6-4-3-5-7-13/h3-12H,2H2,1H3. The molecule has 1 aromatic heterocycles. The second kappa shape index (κ2) is 6.67. The Morgan fingerprint density at radius 1 is 1.13 bits per heavy atom. The van der Waals surface area contributed by atoms with E-state index in [1.54, 1.807) is 23.7 Å². The molecule has 0 amide bonds. The maximum atomic E-state index is 12.2. The Labute approximate surface area is 139 Å². The molecule has 2 aromatic carbocycles. The maximum Gasteiger partial charge on any atom is 0.342 e. The first kappa shape index (κ1) is 15.3. The molecule has 4 nitrogen and oxygen atoms in total. The number of ether oxygens (including phenoxy) is 1. The molecule has 0 saturated heterocycles. The van der Waals surface area contributed by atoms with Crippen molar-refractivity contribution in [2.75, 3.05) is 6.61 Å². The zero-order chi connectivity index (χ0) is 16.2. The van der Waals surface area contributed by atoms with Gasteiger partial charge in [0.1, 0.15) is 5.56 Å². The predicted octanol–water partition coefficient (Wildman–Crippen LogP) is 4.37. The molecule has 3 aromatic rings. The van der Waals surface area contributed by atoms with Crippen LogP contribution in [0.25, 0.3) is 16.9 Å². The number of halogens is 1. The van der Waals surface area contributed by atoms with Gasteiger partial charge in [-0.05, 0) is 31.2 Å². The van der Waals surface area contributed by atoms with Crippen molar-refractivity contribution in [3.63, 3.8) is 0 Å². The predicted molar refractivity (Wildman–Crippen MR) is 90.0 cm³/mol. The number of rotatable bonds is 4. The number of hydrogen-bond acceptors (Lipinski definition) is 3. The molecule has 0 unspecified atom stereocenters. The molecule has 116 valence electrons. The smallest absolute Gasteiger partial charge is 0.342 e. The minimum atomic E-state index is -0.383. The van der Waals surface area contributed by atoms with Crippen molar-refractivity contribution >= 4 is 17.6 Å². The van der Waals surface area contributed by atoms with E-state index in [0.717, 1.165) is 11.3 Å². The fraction of sp³-hybridized carbons (Fsp3) is 0.111. The minimum Gasteiger partial charge on any atom is -0.462 e. The van der Waals surface area contributed by atoms with Crippen LogP contribution in [-0.2, 0) is 4.74 Å². The van der Waals surface area contributed by atoms with Gasteiger partial charge in [0.2, 0.25) is 0 Å². The van der Waals surface area contributed by atoms with Crippen molar-refractivity contribution in [2.45, 2.75) is 6.92 Å². The number of benzene rings is 2. The van der Waals surface area contributed by atoms with Crippen molar-refractivity contribution in [2.24, 2.45) is 0 Å². The van der Waals surface area contributed by atoms with Crippen molar-refractivity contribution in [1.82, 2.24) is 9.78 Å². The lowest BCUT2D eigenvalue weighted by atomic mass is 10.1. The van der Waals surface area contributed by atoms with E-state index in [0.29, 0.717) is 22.9 Å². The highest BCUT2D eigenvalue weighted by atomic mass is 35.5. The second-order valence-electron chi connectivity index (χ2n) is 4.88. The summed E-state index contributed by atoms with van der Waals surface area (Å²) in [7, 11) is 0. The molecule has 23 heavy (non-hydrogen) atoms. The third-order valence-corrected chi connectivity index (χ3v) is 3.63. The molecule has 0 bridgehead atoms.